The van der Waals surface area contributed by atoms with Gasteiger partial charge in [-0.1, -0.05) is 49.2 Å². The van der Waals surface area contributed by atoms with Crippen molar-refractivity contribution in [1.29, 1.82) is 0 Å². The Morgan fingerprint density at radius 1 is 0.939 bits per heavy atom. The summed E-state index contributed by atoms with van der Waals surface area (Å²) in [6, 6.07) is 13.1. The van der Waals surface area contributed by atoms with Gasteiger partial charge in [-0.25, -0.2) is 0 Å². The fraction of sp³-hybridized carbons (Fsp3) is 0.483. The summed E-state index contributed by atoms with van der Waals surface area (Å²) in [6.07, 6.45) is 4.18. The molecule has 4 heteroatoms. The maximum Gasteiger partial charge on any atom is 0.188 e. The molecule has 0 spiro atoms. The molecule has 1 unspecified atom stereocenters. The summed E-state index contributed by atoms with van der Waals surface area (Å²) in [7, 11) is 0. The SMILES string of the molecule is CCOCOC1=C(c2c(CC)cc(C)cc2CC)C(=O)CC(CCSc2ccc(C)cc2)C1. The Labute approximate surface area is 204 Å². The highest BCUT2D eigenvalue weighted by Crippen LogP contribution is 2.39. The molecule has 33 heavy (non-hydrogen) atoms. The van der Waals surface area contributed by atoms with E-state index in [0.717, 1.165) is 48.3 Å². The van der Waals surface area contributed by atoms with Crippen LogP contribution in [0.25, 0.3) is 5.57 Å². The highest BCUT2D eigenvalue weighted by Gasteiger charge is 2.32. The molecule has 3 rings (SSSR count). The minimum atomic E-state index is 0.197. The molecular formula is C29H38O3S. The van der Waals surface area contributed by atoms with Gasteiger partial charge in [0.25, 0.3) is 0 Å². The van der Waals surface area contributed by atoms with Gasteiger partial charge < -0.3 is 9.47 Å². The highest BCUT2D eigenvalue weighted by molar-refractivity contribution is 7.99. The summed E-state index contributed by atoms with van der Waals surface area (Å²) in [5.74, 6) is 2.33. The number of allylic oxidation sites excluding steroid dienone is 2. The third-order valence-corrected chi connectivity index (χ3v) is 7.35. The lowest BCUT2D eigenvalue weighted by Crippen LogP contribution is -2.22. The molecule has 1 atom stereocenters. The zero-order valence-corrected chi connectivity index (χ0v) is 21.6. The van der Waals surface area contributed by atoms with Crippen LogP contribution in [0.1, 0.15) is 67.9 Å². The van der Waals surface area contributed by atoms with E-state index in [-0.39, 0.29) is 12.6 Å². The minimum absolute atomic E-state index is 0.197. The number of ether oxygens (including phenoxy) is 2. The van der Waals surface area contributed by atoms with Crippen molar-refractivity contribution in [2.45, 2.75) is 71.6 Å². The van der Waals surface area contributed by atoms with Gasteiger partial charge in [-0.05, 0) is 80.5 Å². The highest BCUT2D eigenvalue weighted by atomic mass is 32.2. The first kappa shape index (κ1) is 25.6. The van der Waals surface area contributed by atoms with Gasteiger partial charge in [0, 0.05) is 24.3 Å². The van der Waals surface area contributed by atoms with E-state index in [4.69, 9.17) is 9.47 Å². The van der Waals surface area contributed by atoms with Crippen molar-refractivity contribution in [2.75, 3.05) is 19.2 Å². The molecule has 0 heterocycles. The van der Waals surface area contributed by atoms with E-state index in [1.807, 2.05) is 18.7 Å². The third-order valence-electron chi connectivity index (χ3n) is 6.30. The van der Waals surface area contributed by atoms with Crippen LogP contribution >= 0.6 is 11.8 Å². The van der Waals surface area contributed by atoms with Crippen LogP contribution in [-0.2, 0) is 27.1 Å². The predicted octanol–water partition coefficient (Wildman–Crippen LogP) is 7.31. The molecule has 0 N–H and O–H groups in total. The van der Waals surface area contributed by atoms with Crippen molar-refractivity contribution in [3.05, 3.63) is 70.0 Å². The Balaban J connectivity index is 1.85. The number of hydrogen-bond acceptors (Lipinski definition) is 4. The van der Waals surface area contributed by atoms with Gasteiger partial charge in [0.2, 0.25) is 0 Å². The molecule has 0 bridgehead atoms. The van der Waals surface area contributed by atoms with Gasteiger partial charge in [-0.3, -0.25) is 4.79 Å². The molecule has 0 aromatic heterocycles. The Bertz CT molecular complexity index is 950. The predicted molar refractivity (Wildman–Crippen MR) is 139 cm³/mol. The fourth-order valence-corrected chi connectivity index (χ4v) is 5.58. The van der Waals surface area contributed by atoms with E-state index >= 15 is 0 Å². The third kappa shape index (κ3) is 6.74. The first-order chi connectivity index (χ1) is 16.0. The minimum Gasteiger partial charge on any atom is -0.471 e. The van der Waals surface area contributed by atoms with Crippen molar-refractivity contribution in [3.8, 4) is 0 Å². The Morgan fingerprint density at radius 3 is 2.21 bits per heavy atom. The first-order valence-corrected chi connectivity index (χ1v) is 13.2. The number of carbonyl (C=O) groups excluding carboxylic acids is 1. The van der Waals surface area contributed by atoms with Crippen LogP contribution in [0.15, 0.2) is 47.1 Å². The van der Waals surface area contributed by atoms with Crippen LogP contribution in [0.5, 0.6) is 0 Å². The van der Waals surface area contributed by atoms with Gasteiger partial charge in [-0.15, -0.1) is 11.8 Å². The van der Waals surface area contributed by atoms with Crippen LogP contribution in [0.4, 0.5) is 0 Å². The number of carbonyl (C=O) groups is 1. The van der Waals surface area contributed by atoms with E-state index < -0.39 is 0 Å². The standard InChI is InChI=1S/C29H38O3S/c1-6-23-15-21(5)16-24(7-2)28(23)29-26(30)17-22(18-27(29)32-19-31-8-3)13-14-33-25-11-9-20(4)10-12-25/h9-12,15-16,22H,6-8,13-14,17-19H2,1-5H3. The zero-order chi connectivity index (χ0) is 23.8. The maximum absolute atomic E-state index is 13.6. The first-order valence-electron chi connectivity index (χ1n) is 12.3. The van der Waals surface area contributed by atoms with E-state index in [1.54, 1.807) is 0 Å². The molecule has 0 radical (unpaired) electrons. The van der Waals surface area contributed by atoms with Gasteiger partial charge in [0.05, 0.1) is 5.57 Å². The summed E-state index contributed by atoms with van der Waals surface area (Å²) < 4.78 is 11.6. The second-order valence-electron chi connectivity index (χ2n) is 8.87. The normalized spacial score (nSPS) is 16.4. The van der Waals surface area contributed by atoms with Crippen LogP contribution in [0.2, 0.25) is 0 Å². The average Bonchev–Trinajstić information content (AvgIpc) is 2.80. The molecular weight excluding hydrogens is 428 g/mol. The van der Waals surface area contributed by atoms with Crippen molar-refractivity contribution in [2.24, 2.45) is 5.92 Å². The topological polar surface area (TPSA) is 35.5 Å². The second kappa shape index (κ2) is 12.4. The molecule has 0 fully saturated rings. The smallest absolute Gasteiger partial charge is 0.188 e. The van der Waals surface area contributed by atoms with Crippen LogP contribution < -0.4 is 0 Å². The van der Waals surface area contributed by atoms with Crippen molar-refractivity contribution < 1.29 is 14.3 Å². The lowest BCUT2D eigenvalue weighted by atomic mass is 9.79. The summed E-state index contributed by atoms with van der Waals surface area (Å²) in [4.78, 5) is 14.8. The van der Waals surface area contributed by atoms with E-state index in [1.165, 1.54) is 27.1 Å². The number of hydrogen-bond donors (Lipinski definition) is 0. The largest absolute Gasteiger partial charge is 0.471 e. The number of benzene rings is 2. The van der Waals surface area contributed by atoms with Gasteiger partial charge in [-0.2, -0.15) is 0 Å². The molecule has 0 saturated carbocycles. The van der Waals surface area contributed by atoms with Crippen LogP contribution in [-0.4, -0.2) is 24.9 Å². The zero-order valence-electron chi connectivity index (χ0n) is 20.8. The number of Topliss-reactive ketones (excluding diaryl/α,β-unsaturated/α-hetero) is 1. The molecule has 1 aliphatic carbocycles. The van der Waals surface area contributed by atoms with E-state index in [9.17, 15) is 4.79 Å². The molecule has 3 nitrogen and oxygen atoms in total. The quantitative estimate of drug-likeness (QED) is 0.198. The maximum atomic E-state index is 13.6. The molecule has 178 valence electrons. The number of aryl methyl sites for hydroxylation is 4. The summed E-state index contributed by atoms with van der Waals surface area (Å²) >= 11 is 1.86. The fourth-order valence-electron chi connectivity index (χ4n) is 4.56. The van der Waals surface area contributed by atoms with E-state index in [2.05, 4.69) is 64.1 Å². The van der Waals surface area contributed by atoms with Crippen molar-refractivity contribution in [3.63, 3.8) is 0 Å². The van der Waals surface area contributed by atoms with Crippen LogP contribution in [0.3, 0.4) is 0 Å². The Kier molecular flexibility index (Phi) is 9.64. The Morgan fingerprint density at radius 2 is 1.61 bits per heavy atom. The van der Waals surface area contributed by atoms with Gasteiger partial charge >= 0.3 is 0 Å². The Hall–Kier alpha value is -2.04. The van der Waals surface area contributed by atoms with Crippen molar-refractivity contribution in [1.82, 2.24) is 0 Å². The number of ketones is 1. The van der Waals surface area contributed by atoms with Crippen molar-refractivity contribution >= 4 is 23.1 Å². The lowest BCUT2D eigenvalue weighted by Gasteiger charge is -2.28. The molecule has 1 aliphatic rings. The summed E-state index contributed by atoms with van der Waals surface area (Å²) in [6.45, 7) is 11.3. The molecule has 0 aliphatic heterocycles. The van der Waals surface area contributed by atoms with Gasteiger partial charge in [0.15, 0.2) is 12.6 Å². The monoisotopic (exact) mass is 466 g/mol. The van der Waals surface area contributed by atoms with Crippen LogP contribution in [0, 0.1) is 19.8 Å². The van der Waals surface area contributed by atoms with Gasteiger partial charge in [0.1, 0.15) is 5.76 Å². The summed E-state index contributed by atoms with van der Waals surface area (Å²) in [5.41, 5.74) is 6.90. The lowest BCUT2D eigenvalue weighted by molar-refractivity contribution is -0.115. The molecule has 2 aromatic carbocycles. The molecule has 0 amide bonds. The molecule has 0 saturated heterocycles. The average molecular weight is 467 g/mol. The number of rotatable bonds is 11. The number of thioether (sulfide) groups is 1. The second-order valence-corrected chi connectivity index (χ2v) is 10.0. The van der Waals surface area contributed by atoms with E-state index in [0.29, 0.717) is 18.9 Å². The summed E-state index contributed by atoms with van der Waals surface area (Å²) in [5, 5.41) is 0. The molecule has 2 aromatic rings.